The summed E-state index contributed by atoms with van der Waals surface area (Å²) in [4.78, 5) is 28.0. The molecule has 6 nitrogen and oxygen atoms in total. The van der Waals surface area contributed by atoms with Crippen molar-refractivity contribution in [3.05, 3.63) is 53.2 Å². The molecule has 1 heterocycles. The number of hydrogen-bond acceptors (Lipinski definition) is 4. The normalized spacial score (nSPS) is 10.1. The van der Waals surface area contributed by atoms with E-state index in [4.69, 9.17) is 10.5 Å². The van der Waals surface area contributed by atoms with Crippen molar-refractivity contribution in [3.63, 3.8) is 0 Å². The number of primary amides is 1. The smallest absolute Gasteiger partial charge is 0.261 e. The Morgan fingerprint density at radius 2 is 2.05 bits per heavy atom. The molecule has 0 aliphatic heterocycles. The summed E-state index contributed by atoms with van der Waals surface area (Å²) in [7, 11) is 0. The number of anilines is 1. The van der Waals surface area contributed by atoms with Crippen molar-refractivity contribution in [1.82, 2.24) is 4.98 Å². The number of nitrogens with one attached hydrogen (secondary N) is 1. The molecule has 0 aliphatic rings. The highest BCUT2D eigenvalue weighted by molar-refractivity contribution is 6.10. The number of pyridine rings is 1. The zero-order valence-corrected chi connectivity index (χ0v) is 12.4. The zero-order chi connectivity index (χ0) is 16.1. The number of amides is 2. The maximum Gasteiger partial charge on any atom is 0.261 e. The molecule has 0 spiro atoms. The first-order chi connectivity index (χ1) is 10.5. The Morgan fingerprint density at radius 3 is 2.73 bits per heavy atom. The van der Waals surface area contributed by atoms with Gasteiger partial charge in [0.05, 0.1) is 17.9 Å². The second-order valence-corrected chi connectivity index (χ2v) is 4.60. The lowest BCUT2D eigenvalue weighted by molar-refractivity contribution is 0.100. The first-order valence-electron chi connectivity index (χ1n) is 6.83. The van der Waals surface area contributed by atoms with Gasteiger partial charge in [0.15, 0.2) is 0 Å². The molecule has 2 rings (SSSR count). The van der Waals surface area contributed by atoms with Gasteiger partial charge >= 0.3 is 0 Å². The van der Waals surface area contributed by atoms with Gasteiger partial charge in [-0.1, -0.05) is 12.1 Å². The van der Waals surface area contributed by atoms with Gasteiger partial charge < -0.3 is 15.8 Å². The van der Waals surface area contributed by atoms with E-state index in [-0.39, 0.29) is 11.4 Å². The van der Waals surface area contributed by atoms with Gasteiger partial charge in [-0.3, -0.25) is 9.59 Å². The molecule has 6 heteroatoms. The summed E-state index contributed by atoms with van der Waals surface area (Å²) in [6.45, 7) is 3.96. The molecule has 0 fully saturated rings. The number of hydrogen-bond donors (Lipinski definition) is 2. The number of aryl methyl sites for hydroxylation is 1. The minimum atomic E-state index is -0.593. The van der Waals surface area contributed by atoms with Gasteiger partial charge in [-0.05, 0) is 37.6 Å². The molecule has 0 aliphatic carbocycles. The van der Waals surface area contributed by atoms with Gasteiger partial charge in [-0.15, -0.1) is 0 Å². The molecule has 0 unspecified atom stereocenters. The Balaban J connectivity index is 2.34. The summed E-state index contributed by atoms with van der Waals surface area (Å²) in [5.74, 6) is -0.759. The van der Waals surface area contributed by atoms with Gasteiger partial charge in [0.25, 0.3) is 11.8 Å². The van der Waals surface area contributed by atoms with Crippen molar-refractivity contribution in [2.45, 2.75) is 13.8 Å². The summed E-state index contributed by atoms with van der Waals surface area (Å²) in [6.07, 6.45) is 1.54. The molecule has 1 aromatic heterocycles. The van der Waals surface area contributed by atoms with Crippen LogP contribution < -0.4 is 15.8 Å². The third-order valence-electron chi connectivity index (χ3n) is 3.06. The highest BCUT2D eigenvalue weighted by Crippen LogP contribution is 2.21. The molecule has 114 valence electrons. The molecule has 2 amide bonds. The minimum absolute atomic E-state index is 0.246. The van der Waals surface area contributed by atoms with E-state index in [1.54, 1.807) is 43.5 Å². The maximum atomic E-state index is 12.4. The lowest BCUT2D eigenvalue weighted by atomic mass is 10.1. The first-order valence-corrected chi connectivity index (χ1v) is 6.83. The molecule has 0 radical (unpaired) electrons. The Labute approximate surface area is 128 Å². The van der Waals surface area contributed by atoms with Crippen LogP contribution in [0, 0.1) is 6.92 Å². The SMILES string of the molecule is CCOc1ncccc1C(=O)Nc1cccc(C)c1C(N)=O. The average molecular weight is 299 g/mol. The van der Waals surface area contributed by atoms with Gasteiger partial charge in [-0.25, -0.2) is 4.98 Å². The summed E-state index contributed by atoms with van der Waals surface area (Å²) in [5, 5.41) is 2.69. The average Bonchev–Trinajstić information content (AvgIpc) is 2.47. The van der Waals surface area contributed by atoms with Crippen LogP contribution >= 0.6 is 0 Å². The van der Waals surface area contributed by atoms with Gasteiger partial charge in [0.2, 0.25) is 5.88 Å². The van der Waals surface area contributed by atoms with Crippen LogP contribution in [0.3, 0.4) is 0 Å². The van der Waals surface area contributed by atoms with E-state index in [9.17, 15) is 9.59 Å². The second kappa shape index (κ2) is 6.71. The Kier molecular flexibility index (Phi) is 4.73. The summed E-state index contributed by atoms with van der Waals surface area (Å²) in [6, 6.07) is 8.37. The van der Waals surface area contributed by atoms with Crippen LogP contribution in [0.15, 0.2) is 36.5 Å². The topological polar surface area (TPSA) is 94.3 Å². The third kappa shape index (κ3) is 3.22. The Morgan fingerprint density at radius 1 is 1.27 bits per heavy atom. The molecule has 0 saturated carbocycles. The number of carbonyl (C=O) groups is 2. The van der Waals surface area contributed by atoms with Crippen molar-refractivity contribution in [2.24, 2.45) is 5.73 Å². The van der Waals surface area contributed by atoms with Crippen molar-refractivity contribution in [2.75, 3.05) is 11.9 Å². The fourth-order valence-electron chi connectivity index (χ4n) is 2.10. The summed E-state index contributed by atoms with van der Waals surface area (Å²) >= 11 is 0. The monoisotopic (exact) mass is 299 g/mol. The summed E-state index contributed by atoms with van der Waals surface area (Å²) in [5.41, 5.74) is 7.02. The fourth-order valence-corrected chi connectivity index (χ4v) is 2.10. The molecular weight excluding hydrogens is 282 g/mol. The summed E-state index contributed by atoms with van der Waals surface area (Å²) < 4.78 is 5.33. The van der Waals surface area contributed by atoms with Crippen molar-refractivity contribution >= 4 is 17.5 Å². The van der Waals surface area contributed by atoms with E-state index in [1.807, 2.05) is 6.92 Å². The van der Waals surface area contributed by atoms with Gasteiger partial charge in [0, 0.05) is 6.20 Å². The first kappa shape index (κ1) is 15.5. The largest absolute Gasteiger partial charge is 0.477 e. The predicted molar refractivity (Wildman–Crippen MR) is 83.1 cm³/mol. The quantitative estimate of drug-likeness (QED) is 0.884. The Bertz CT molecular complexity index is 714. The van der Waals surface area contributed by atoms with E-state index in [0.29, 0.717) is 23.4 Å². The number of aromatic nitrogens is 1. The van der Waals surface area contributed by atoms with E-state index in [0.717, 1.165) is 0 Å². The Hall–Kier alpha value is -2.89. The molecule has 1 aromatic carbocycles. The van der Waals surface area contributed by atoms with Crippen molar-refractivity contribution < 1.29 is 14.3 Å². The molecule has 0 bridgehead atoms. The van der Waals surface area contributed by atoms with Gasteiger partial charge in [-0.2, -0.15) is 0 Å². The molecule has 0 atom stereocenters. The van der Waals surface area contributed by atoms with E-state index < -0.39 is 11.8 Å². The van der Waals surface area contributed by atoms with E-state index in [2.05, 4.69) is 10.3 Å². The van der Waals surface area contributed by atoms with Crippen LogP contribution in [0.5, 0.6) is 5.88 Å². The number of nitrogens with two attached hydrogens (primary N) is 1. The molecule has 22 heavy (non-hydrogen) atoms. The molecular formula is C16H17N3O3. The van der Waals surface area contributed by atoms with Crippen LogP contribution in [-0.4, -0.2) is 23.4 Å². The van der Waals surface area contributed by atoms with E-state index >= 15 is 0 Å². The van der Waals surface area contributed by atoms with Crippen LogP contribution in [0.2, 0.25) is 0 Å². The van der Waals surface area contributed by atoms with Crippen LogP contribution in [0.1, 0.15) is 33.2 Å². The maximum absolute atomic E-state index is 12.4. The lowest BCUT2D eigenvalue weighted by Crippen LogP contribution is -2.20. The highest BCUT2D eigenvalue weighted by atomic mass is 16.5. The highest BCUT2D eigenvalue weighted by Gasteiger charge is 2.17. The number of rotatable bonds is 5. The lowest BCUT2D eigenvalue weighted by Gasteiger charge is -2.12. The van der Waals surface area contributed by atoms with Crippen molar-refractivity contribution in [1.29, 1.82) is 0 Å². The predicted octanol–water partition coefficient (Wildman–Crippen LogP) is 2.14. The molecule has 3 N–H and O–H groups in total. The number of benzene rings is 1. The van der Waals surface area contributed by atoms with Gasteiger partial charge in [0.1, 0.15) is 5.56 Å². The third-order valence-corrected chi connectivity index (χ3v) is 3.06. The van der Waals surface area contributed by atoms with Crippen LogP contribution in [0.4, 0.5) is 5.69 Å². The minimum Gasteiger partial charge on any atom is -0.477 e. The number of nitrogens with zero attached hydrogens (tertiary/aromatic N) is 1. The molecule has 0 saturated heterocycles. The zero-order valence-electron chi connectivity index (χ0n) is 12.4. The fraction of sp³-hybridized carbons (Fsp3) is 0.188. The number of carbonyl (C=O) groups excluding carboxylic acids is 2. The second-order valence-electron chi connectivity index (χ2n) is 4.60. The molecule has 2 aromatic rings. The van der Waals surface area contributed by atoms with E-state index in [1.165, 1.54) is 0 Å². The van der Waals surface area contributed by atoms with Crippen LogP contribution in [-0.2, 0) is 0 Å². The standard InChI is InChI=1S/C16H17N3O3/c1-3-22-16-11(7-5-9-18-16)15(21)19-12-8-4-6-10(2)13(12)14(17)20/h4-9H,3H2,1-2H3,(H2,17,20)(H,19,21). The van der Waals surface area contributed by atoms with Crippen LogP contribution in [0.25, 0.3) is 0 Å². The number of ether oxygens (including phenoxy) is 1. The van der Waals surface area contributed by atoms with Crippen molar-refractivity contribution in [3.8, 4) is 5.88 Å².